The van der Waals surface area contributed by atoms with Gasteiger partial charge in [-0.2, -0.15) is 5.10 Å². The van der Waals surface area contributed by atoms with Crippen LogP contribution in [0, 0.1) is 12.8 Å². The van der Waals surface area contributed by atoms with Gasteiger partial charge in [-0.3, -0.25) is 4.68 Å². The maximum atomic E-state index is 6.38. The minimum absolute atomic E-state index is 0.265. The molecule has 0 saturated carbocycles. The smallest absolute Gasteiger partial charge is 0.0847 e. The van der Waals surface area contributed by atoms with Crippen molar-refractivity contribution >= 4 is 11.6 Å². The van der Waals surface area contributed by atoms with Crippen molar-refractivity contribution < 1.29 is 4.74 Å². The molecule has 1 saturated heterocycles. The van der Waals surface area contributed by atoms with Crippen molar-refractivity contribution in [1.29, 1.82) is 0 Å². The molecule has 3 unspecified atom stereocenters. The normalized spacial score (nSPS) is 24.9. The second-order valence-electron chi connectivity index (χ2n) is 5.36. The van der Waals surface area contributed by atoms with Gasteiger partial charge in [-0.15, -0.1) is 0 Å². The van der Waals surface area contributed by atoms with Gasteiger partial charge in [-0.05, 0) is 33.2 Å². The van der Waals surface area contributed by atoms with Crippen LogP contribution in [0.1, 0.15) is 31.7 Å². The molecule has 0 aromatic carbocycles. The monoisotopic (exact) mass is 285 g/mol. The first-order valence-electron chi connectivity index (χ1n) is 7.09. The Morgan fingerprint density at radius 3 is 2.84 bits per heavy atom. The van der Waals surface area contributed by atoms with Crippen molar-refractivity contribution in [2.75, 3.05) is 13.7 Å². The lowest BCUT2D eigenvalue weighted by molar-refractivity contribution is 0.0628. The Hall–Kier alpha value is -0.580. The zero-order chi connectivity index (χ0) is 14.0. The van der Waals surface area contributed by atoms with Crippen molar-refractivity contribution in [3.63, 3.8) is 0 Å². The minimum atomic E-state index is 0.265. The molecule has 1 aliphatic rings. The Labute approximate surface area is 120 Å². The lowest BCUT2D eigenvalue weighted by Crippen LogP contribution is -2.42. The lowest BCUT2D eigenvalue weighted by Gasteiger charge is -2.26. The number of rotatable bonds is 5. The molecule has 4 nitrogen and oxygen atoms in total. The van der Waals surface area contributed by atoms with Gasteiger partial charge in [0.05, 0.1) is 22.5 Å². The first kappa shape index (κ1) is 14.8. The summed E-state index contributed by atoms with van der Waals surface area (Å²) in [5, 5.41) is 8.66. The second kappa shape index (κ2) is 6.25. The van der Waals surface area contributed by atoms with Crippen molar-refractivity contribution in [1.82, 2.24) is 15.1 Å². The largest absolute Gasteiger partial charge is 0.376 e. The first-order chi connectivity index (χ1) is 9.08. The van der Waals surface area contributed by atoms with Crippen molar-refractivity contribution in [3.8, 4) is 0 Å². The summed E-state index contributed by atoms with van der Waals surface area (Å²) in [4.78, 5) is 0. The van der Waals surface area contributed by atoms with Gasteiger partial charge in [-0.25, -0.2) is 0 Å². The van der Waals surface area contributed by atoms with Gasteiger partial charge in [0.25, 0.3) is 0 Å². The third-order valence-electron chi connectivity index (χ3n) is 4.08. The predicted molar refractivity (Wildman–Crippen MR) is 77.7 cm³/mol. The predicted octanol–water partition coefficient (Wildman–Crippen LogP) is 2.42. The van der Waals surface area contributed by atoms with E-state index in [4.69, 9.17) is 16.3 Å². The Morgan fingerprint density at radius 1 is 1.58 bits per heavy atom. The van der Waals surface area contributed by atoms with Crippen LogP contribution in [-0.4, -0.2) is 35.6 Å². The van der Waals surface area contributed by atoms with Gasteiger partial charge < -0.3 is 10.1 Å². The molecular weight excluding hydrogens is 262 g/mol. The molecule has 1 N–H and O–H groups in total. The van der Waals surface area contributed by atoms with Gasteiger partial charge in [0, 0.05) is 25.6 Å². The standard InChI is InChI=1S/C14H24ClN3O/c1-5-18-12(13(15)10(3)17-18)8-11(16-4)14-9(2)6-7-19-14/h9,11,14,16H,5-8H2,1-4H3. The summed E-state index contributed by atoms with van der Waals surface area (Å²) in [6, 6.07) is 0.288. The highest BCUT2D eigenvalue weighted by Crippen LogP contribution is 2.27. The summed E-state index contributed by atoms with van der Waals surface area (Å²) in [6.07, 6.45) is 2.27. The average Bonchev–Trinajstić information content (AvgIpc) is 2.93. The molecule has 108 valence electrons. The van der Waals surface area contributed by atoms with E-state index in [1.807, 2.05) is 18.7 Å². The summed E-state index contributed by atoms with van der Waals surface area (Å²) in [7, 11) is 1.99. The SMILES string of the molecule is CCn1nc(C)c(Cl)c1CC(NC)C1OCCC1C. The van der Waals surface area contributed by atoms with Crippen molar-refractivity contribution in [2.45, 2.75) is 52.3 Å². The highest BCUT2D eigenvalue weighted by Gasteiger charge is 2.32. The van der Waals surface area contributed by atoms with Crippen LogP contribution in [0.25, 0.3) is 0 Å². The minimum Gasteiger partial charge on any atom is -0.376 e. The van der Waals surface area contributed by atoms with Gasteiger partial charge in [-0.1, -0.05) is 18.5 Å². The van der Waals surface area contributed by atoms with Crippen LogP contribution in [0.4, 0.5) is 0 Å². The first-order valence-corrected chi connectivity index (χ1v) is 7.46. The highest BCUT2D eigenvalue weighted by molar-refractivity contribution is 6.31. The second-order valence-corrected chi connectivity index (χ2v) is 5.74. The van der Waals surface area contributed by atoms with Crippen molar-refractivity contribution in [3.05, 3.63) is 16.4 Å². The number of hydrogen-bond acceptors (Lipinski definition) is 3. The molecule has 1 aliphatic heterocycles. The molecule has 5 heteroatoms. The molecule has 1 fully saturated rings. The van der Waals surface area contributed by atoms with E-state index >= 15 is 0 Å². The zero-order valence-electron chi connectivity index (χ0n) is 12.2. The number of aromatic nitrogens is 2. The quantitative estimate of drug-likeness (QED) is 0.903. The van der Waals surface area contributed by atoms with Crippen LogP contribution in [-0.2, 0) is 17.7 Å². The van der Waals surface area contributed by atoms with Gasteiger partial charge in [0.15, 0.2) is 0 Å². The van der Waals surface area contributed by atoms with Crippen LogP contribution in [0.2, 0.25) is 5.02 Å². The van der Waals surface area contributed by atoms with E-state index in [1.54, 1.807) is 0 Å². The number of nitrogens with zero attached hydrogens (tertiary/aromatic N) is 2. The van der Waals surface area contributed by atoms with E-state index in [9.17, 15) is 0 Å². The van der Waals surface area contributed by atoms with Crippen LogP contribution >= 0.6 is 11.6 Å². The van der Waals surface area contributed by atoms with E-state index in [2.05, 4.69) is 24.3 Å². The number of halogens is 1. The molecule has 0 aliphatic carbocycles. The Morgan fingerprint density at radius 2 is 2.32 bits per heavy atom. The fraction of sp³-hybridized carbons (Fsp3) is 0.786. The topological polar surface area (TPSA) is 39.1 Å². The summed E-state index contributed by atoms with van der Waals surface area (Å²) in [6.45, 7) is 8.02. The number of aryl methyl sites for hydroxylation is 2. The Bertz CT molecular complexity index is 433. The summed E-state index contributed by atoms with van der Waals surface area (Å²) >= 11 is 6.38. The molecule has 3 atom stereocenters. The highest BCUT2D eigenvalue weighted by atomic mass is 35.5. The lowest BCUT2D eigenvalue weighted by atomic mass is 9.94. The number of likely N-dealkylation sites (N-methyl/N-ethyl adjacent to an activating group) is 1. The molecule has 2 rings (SSSR count). The molecule has 0 amide bonds. The maximum Gasteiger partial charge on any atom is 0.0847 e. The van der Waals surface area contributed by atoms with E-state index < -0.39 is 0 Å². The van der Waals surface area contributed by atoms with Crippen LogP contribution in [0.5, 0.6) is 0 Å². The average molecular weight is 286 g/mol. The van der Waals surface area contributed by atoms with Crippen LogP contribution in [0.3, 0.4) is 0 Å². The third-order valence-corrected chi connectivity index (χ3v) is 4.57. The number of nitrogens with one attached hydrogen (secondary N) is 1. The molecule has 19 heavy (non-hydrogen) atoms. The third kappa shape index (κ3) is 2.96. The van der Waals surface area contributed by atoms with Crippen molar-refractivity contribution in [2.24, 2.45) is 5.92 Å². The van der Waals surface area contributed by atoms with E-state index in [0.717, 1.165) is 42.4 Å². The number of hydrogen-bond donors (Lipinski definition) is 1. The molecular formula is C14H24ClN3O. The summed E-state index contributed by atoms with van der Waals surface area (Å²) in [5.74, 6) is 0.593. The molecule has 2 heterocycles. The summed E-state index contributed by atoms with van der Waals surface area (Å²) in [5.41, 5.74) is 2.03. The Kier molecular flexibility index (Phi) is 4.87. The fourth-order valence-electron chi connectivity index (χ4n) is 2.89. The van der Waals surface area contributed by atoms with Gasteiger partial charge >= 0.3 is 0 Å². The molecule has 1 aromatic rings. The van der Waals surface area contributed by atoms with Crippen LogP contribution in [0.15, 0.2) is 0 Å². The molecule has 0 radical (unpaired) electrons. The van der Waals surface area contributed by atoms with Gasteiger partial charge in [0.1, 0.15) is 0 Å². The molecule has 0 spiro atoms. The van der Waals surface area contributed by atoms with E-state index in [0.29, 0.717) is 5.92 Å². The molecule has 0 bridgehead atoms. The number of ether oxygens (including phenoxy) is 1. The molecule has 1 aromatic heterocycles. The Balaban J connectivity index is 2.18. The van der Waals surface area contributed by atoms with Gasteiger partial charge in [0.2, 0.25) is 0 Å². The van der Waals surface area contributed by atoms with E-state index in [1.165, 1.54) is 0 Å². The van der Waals surface area contributed by atoms with Crippen LogP contribution < -0.4 is 5.32 Å². The fourth-order valence-corrected chi connectivity index (χ4v) is 3.10. The zero-order valence-corrected chi connectivity index (χ0v) is 13.0. The summed E-state index contributed by atoms with van der Waals surface area (Å²) < 4.78 is 7.88. The van der Waals surface area contributed by atoms with E-state index in [-0.39, 0.29) is 12.1 Å². The maximum absolute atomic E-state index is 6.38.